The molecule has 0 fully saturated rings. The van der Waals surface area contributed by atoms with Crippen LogP contribution in [0, 0.1) is 5.82 Å². The number of benzene rings is 4. The lowest BCUT2D eigenvalue weighted by molar-refractivity contribution is 0.0482. The average molecular weight is 623 g/mol. The molecule has 0 radical (unpaired) electrons. The molecule has 1 N–H and O–H groups in total. The van der Waals surface area contributed by atoms with E-state index in [-0.39, 0.29) is 10.9 Å². The van der Waals surface area contributed by atoms with Crippen molar-refractivity contribution in [2.45, 2.75) is 4.90 Å². The van der Waals surface area contributed by atoms with Crippen molar-refractivity contribution >= 4 is 43.6 Å². The highest BCUT2D eigenvalue weighted by Gasteiger charge is 2.24. The molecule has 0 bridgehead atoms. The van der Waals surface area contributed by atoms with Crippen molar-refractivity contribution in [1.82, 2.24) is 14.9 Å². The van der Waals surface area contributed by atoms with E-state index in [2.05, 4.69) is 4.98 Å². The summed E-state index contributed by atoms with van der Waals surface area (Å²) in [5.41, 5.74) is 5.82. The second-order valence-corrected chi connectivity index (χ2v) is 12.9. The van der Waals surface area contributed by atoms with Gasteiger partial charge in [-0.15, -0.1) is 0 Å². The summed E-state index contributed by atoms with van der Waals surface area (Å²) in [4.78, 5) is 22.5. The molecule has 8 nitrogen and oxygen atoms in total. The SMILES string of the molecule is CN(C)CCOC(=O)c1ccc(-c2cnc3[nH]c4ccc(N(C)S(=O)(=O)c5cccc(F)c5)cc4c3c2-c2ccccc2)cc1. The van der Waals surface area contributed by atoms with Crippen LogP contribution in [-0.4, -0.2) is 63.5 Å². The zero-order valence-electron chi connectivity index (χ0n) is 25.0. The number of nitrogens with zero attached hydrogens (tertiary/aromatic N) is 3. The molecule has 0 spiro atoms. The molecule has 0 unspecified atom stereocenters. The fourth-order valence-corrected chi connectivity index (χ4v) is 6.50. The first-order valence-corrected chi connectivity index (χ1v) is 15.7. The molecule has 0 saturated carbocycles. The van der Waals surface area contributed by atoms with Gasteiger partial charge in [0.05, 0.1) is 16.1 Å². The number of esters is 1. The smallest absolute Gasteiger partial charge is 0.338 e. The van der Waals surface area contributed by atoms with Crippen molar-refractivity contribution in [3.8, 4) is 22.3 Å². The molecule has 10 heteroatoms. The third-order valence-electron chi connectivity index (χ3n) is 7.69. The number of hydrogen-bond acceptors (Lipinski definition) is 6. The summed E-state index contributed by atoms with van der Waals surface area (Å²) in [7, 11) is 1.25. The Morgan fingerprint density at radius 2 is 1.64 bits per heavy atom. The van der Waals surface area contributed by atoms with Crippen LogP contribution in [0.25, 0.3) is 44.2 Å². The number of rotatable bonds is 9. The molecule has 2 aromatic heterocycles. The Balaban J connectivity index is 1.47. The zero-order chi connectivity index (χ0) is 31.7. The van der Waals surface area contributed by atoms with Gasteiger partial charge in [-0.3, -0.25) is 4.31 Å². The Morgan fingerprint density at radius 3 is 2.36 bits per heavy atom. The molecule has 45 heavy (non-hydrogen) atoms. The van der Waals surface area contributed by atoms with E-state index in [9.17, 15) is 17.6 Å². The summed E-state index contributed by atoms with van der Waals surface area (Å²) in [6.45, 7) is 0.933. The molecule has 2 heterocycles. The summed E-state index contributed by atoms with van der Waals surface area (Å²) in [5.74, 6) is -1.02. The van der Waals surface area contributed by atoms with Gasteiger partial charge in [0.15, 0.2) is 0 Å². The van der Waals surface area contributed by atoms with E-state index in [4.69, 9.17) is 9.72 Å². The first-order chi connectivity index (χ1) is 21.6. The molecule has 6 aromatic rings. The summed E-state index contributed by atoms with van der Waals surface area (Å²) in [6.07, 6.45) is 1.80. The third kappa shape index (κ3) is 5.90. The van der Waals surface area contributed by atoms with Crippen molar-refractivity contribution < 1.29 is 22.3 Å². The van der Waals surface area contributed by atoms with E-state index in [1.807, 2.05) is 67.5 Å². The Kier molecular flexibility index (Phi) is 8.09. The molecular weight excluding hydrogens is 591 g/mol. The van der Waals surface area contributed by atoms with E-state index in [1.165, 1.54) is 25.2 Å². The van der Waals surface area contributed by atoms with Crippen LogP contribution in [0.3, 0.4) is 0 Å². The summed E-state index contributed by atoms with van der Waals surface area (Å²) >= 11 is 0. The number of anilines is 1. The fraction of sp³-hybridized carbons (Fsp3) is 0.143. The average Bonchev–Trinajstić information content (AvgIpc) is 3.42. The molecule has 0 aliphatic heterocycles. The van der Waals surface area contributed by atoms with Crippen LogP contribution in [0.5, 0.6) is 0 Å². The second-order valence-electron chi connectivity index (χ2n) is 10.9. The van der Waals surface area contributed by atoms with Crippen LogP contribution in [-0.2, 0) is 14.8 Å². The number of H-pyrrole nitrogens is 1. The standard InChI is InChI=1S/C35H31FN4O4S/c1-39(2)18-19-44-35(41)25-14-12-23(13-15-25)30-22-37-34-33(32(30)24-8-5-4-6-9-24)29-21-27(16-17-31(29)38-34)40(3)45(42,43)28-11-7-10-26(36)20-28/h4-17,20-22H,18-19H2,1-3H3,(H,37,38). The molecule has 4 aromatic carbocycles. The molecule has 0 saturated heterocycles. The topological polar surface area (TPSA) is 95.6 Å². The monoisotopic (exact) mass is 622 g/mol. The van der Waals surface area contributed by atoms with Gasteiger partial charge in [-0.2, -0.15) is 0 Å². The van der Waals surface area contributed by atoms with Gasteiger partial charge in [0.2, 0.25) is 0 Å². The van der Waals surface area contributed by atoms with Crippen LogP contribution in [0.15, 0.2) is 108 Å². The fourth-order valence-electron chi connectivity index (χ4n) is 5.28. The summed E-state index contributed by atoms with van der Waals surface area (Å²) in [6, 6.07) is 27.4. The van der Waals surface area contributed by atoms with Gasteiger partial charge < -0.3 is 14.6 Å². The summed E-state index contributed by atoms with van der Waals surface area (Å²) < 4.78 is 47.3. The maximum Gasteiger partial charge on any atom is 0.338 e. The van der Waals surface area contributed by atoms with Crippen LogP contribution >= 0.6 is 0 Å². The summed E-state index contributed by atoms with van der Waals surface area (Å²) in [5, 5.41) is 1.59. The first-order valence-electron chi connectivity index (χ1n) is 14.3. The lowest BCUT2D eigenvalue weighted by Gasteiger charge is -2.20. The molecule has 0 atom stereocenters. The minimum atomic E-state index is -4.03. The third-order valence-corrected chi connectivity index (χ3v) is 9.47. The van der Waals surface area contributed by atoms with Gasteiger partial charge in [-0.05, 0) is 73.8 Å². The Bertz CT molecular complexity index is 2130. The van der Waals surface area contributed by atoms with E-state index >= 15 is 0 Å². The first kappa shape index (κ1) is 30.0. The number of pyridine rings is 1. The van der Waals surface area contributed by atoms with Gasteiger partial charge >= 0.3 is 5.97 Å². The lowest BCUT2D eigenvalue weighted by atomic mass is 9.92. The maximum absolute atomic E-state index is 13.9. The highest BCUT2D eigenvalue weighted by Crippen LogP contribution is 2.41. The number of aromatic amines is 1. The molecule has 0 aliphatic carbocycles. The molecule has 0 aliphatic rings. The van der Waals surface area contributed by atoms with Crippen LogP contribution in [0.4, 0.5) is 10.1 Å². The van der Waals surface area contributed by atoms with Crippen molar-refractivity contribution in [2.75, 3.05) is 38.6 Å². The van der Waals surface area contributed by atoms with Gasteiger partial charge in [-0.25, -0.2) is 22.6 Å². The molecule has 6 rings (SSSR count). The van der Waals surface area contributed by atoms with Gasteiger partial charge in [0.25, 0.3) is 10.0 Å². The Hall–Kier alpha value is -5.06. The number of ether oxygens (including phenoxy) is 1. The minimum Gasteiger partial charge on any atom is -0.461 e. The van der Waals surface area contributed by atoms with Crippen molar-refractivity contribution in [2.24, 2.45) is 0 Å². The Labute approximate surface area is 260 Å². The van der Waals surface area contributed by atoms with Crippen LogP contribution in [0.2, 0.25) is 0 Å². The number of carbonyl (C=O) groups excluding carboxylic acids is 1. The van der Waals surface area contributed by atoms with E-state index in [0.29, 0.717) is 30.0 Å². The number of likely N-dealkylation sites (N-methyl/N-ethyl adjacent to an activating group) is 1. The normalized spacial score (nSPS) is 11.8. The Morgan fingerprint density at radius 1 is 0.889 bits per heavy atom. The molecule has 228 valence electrons. The largest absolute Gasteiger partial charge is 0.461 e. The van der Waals surface area contributed by atoms with E-state index < -0.39 is 15.8 Å². The molecular formula is C35H31FN4O4S. The number of nitrogens with one attached hydrogen (secondary N) is 1. The number of sulfonamides is 1. The van der Waals surface area contributed by atoms with Crippen molar-refractivity contribution in [3.05, 3.63) is 115 Å². The number of carbonyl (C=O) groups is 1. The second kappa shape index (κ2) is 12.1. The predicted octanol–water partition coefficient (Wildman–Crippen LogP) is 6.73. The van der Waals surface area contributed by atoms with Crippen LogP contribution in [0.1, 0.15) is 10.4 Å². The lowest BCUT2D eigenvalue weighted by Crippen LogP contribution is -2.26. The minimum absolute atomic E-state index is 0.136. The van der Waals surface area contributed by atoms with Gasteiger partial charge in [0, 0.05) is 47.2 Å². The zero-order valence-corrected chi connectivity index (χ0v) is 25.8. The number of aromatic nitrogens is 2. The quantitative estimate of drug-likeness (QED) is 0.180. The van der Waals surface area contributed by atoms with Gasteiger partial charge in [-0.1, -0.05) is 48.5 Å². The van der Waals surface area contributed by atoms with Crippen molar-refractivity contribution in [1.29, 1.82) is 0 Å². The van der Waals surface area contributed by atoms with Gasteiger partial charge in [0.1, 0.15) is 18.1 Å². The van der Waals surface area contributed by atoms with Crippen LogP contribution < -0.4 is 4.31 Å². The predicted molar refractivity (Wildman–Crippen MR) is 175 cm³/mol. The number of hydrogen-bond donors (Lipinski definition) is 1. The van der Waals surface area contributed by atoms with Crippen molar-refractivity contribution in [3.63, 3.8) is 0 Å². The number of halogens is 1. The molecule has 0 amide bonds. The van der Waals surface area contributed by atoms with E-state index in [1.54, 1.807) is 30.5 Å². The number of fused-ring (bicyclic) bond motifs is 3. The highest BCUT2D eigenvalue weighted by atomic mass is 32.2. The maximum atomic E-state index is 13.9. The van der Waals surface area contributed by atoms with E-state index in [0.717, 1.165) is 48.9 Å². The highest BCUT2D eigenvalue weighted by molar-refractivity contribution is 7.92.